The molecule has 0 aliphatic rings. The number of hydrogen-bond donors (Lipinski definition) is 0. The molecule has 2 nitrogen and oxygen atoms in total. The third-order valence-corrected chi connectivity index (χ3v) is 2.95. The second-order valence-electron chi connectivity index (χ2n) is 3.40. The Kier molecular flexibility index (Phi) is 3.71. The van der Waals surface area contributed by atoms with Gasteiger partial charge < -0.3 is 4.74 Å². The zero-order chi connectivity index (χ0) is 13.1. The monoisotopic (exact) mass is 281 g/mol. The van der Waals surface area contributed by atoms with Crippen molar-refractivity contribution in [1.29, 1.82) is 5.26 Å². The molecule has 0 fully saturated rings. The van der Waals surface area contributed by atoms with Crippen LogP contribution in [0.1, 0.15) is 5.56 Å². The van der Waals surface area contributed by atoms with Crippen molar-refractivity contribution in [2.75, 3.05) is 0 Å². The van der Waals surface area contributed by atoms with Gasteiger partial charge in [-0.1, -0.05) is 29.3 Å². The Hall–Kier alpha value is -1.76. The van der Waals surface area contributed by atoms with E-state index in [-0.39, 0.29) is 11.3 Å². The minimum atomic E-state index is -0.630. The Morgan fingerprint density at radius 3 is 2.56 bits per heavy atom. The Morgan fingerprint density at radius 2 is 1.89 bits per heavy atom. The molecule has 0 aliphatic heterocycles. The van der Waals surface area contributed by atoms with Gasteiger partial charge in [-0.2, -0.15) is 5.26 Å². The number of nitriles is 1. The maximum atomic E-state index is 13.3. The van der Waals surface area contributed by atoms with Crippen LogP contribution in [0.3, 0.4) is 0 Å². The van der Waals surface area contributed by atoms with Gasteiger partial charge in [0.1, 0.15) is 28.9 Å². The Morgan fingerprint density at radius 1 is 1.11 bits per heavy atom. The number of nitrogens with zero attached hydrogens (tertiary/aromatic N) is 1. The van der Waals surface area contributed by atoms with E-state index >= 15 is 0 Å². The number of benzene rings is 2. The summed E-state index contributed by atoms with van der Waals surface area (Å²) in [5.41, 5.74) is -0.149. The molecule has 0 saturated heterocycles. The van der Waals surface area contributed by atoms with E-state index in [0.717, 1.165) is 0 Å². The normalized spacial score (nSPS) is 9.89. The second-order valence-corrected chi connectivity index (χ2v) is 4.22. The highest BCUT2D eigenvalue weighted by Crippen LogP contribution is 2.31. The molecule has 5 heteroatoms. The summed E-state index contributed by atoms with van der Waals surface area (Å²) >= 11 is 11.6. The maximum Gasteiger partial charge on any atom is 0.148 e. The fourth-order valence-electron chi connectivity index (χ4n) is 1.37. The van der Waals surface area contributed by atoms with Crippen molar-refractivity contribution >= 4 is 23.2 Å². The molecule has 0 heterocycles. The van der Waals surface area contributed by atoms with Crippen molar-refractivity contribution in [3.63, 3.8) is 0 Å². The second kappa shape index (κ2) is 5.26. The van der Waals surface area contributed by atoms with Crippen LogP contribution in [-0.2, 0) is 0 Å². The largest absolute Gasteiger partial charge is 0.456 e. The molecule has 0 radical (unpaired) electrons. The molecule has 0 atom stereocenters. The zero-order valence-corrected chi connectivity index (χ0v) is 10.5. The van der Waals surface area contributed by atoms with Crippen LogP contribution in [-0.4, -0.2) is 0 Å². The number of halogens is 3. The summed E-state index contributed by atoms with van der Waals surface area (Å²) in [5, 5.41) is 9.57. The molecular formula is C13H6Cl2FNO. The fraction of sp³-hybridized carbons (Fsp3) is 0. The molecule has 2 aromatic rings. The predicted molar refractivity (Wildman–Crippen MR) is 67.7 cm³/mol. The van der Waals surface area contributed by atoms with E-state index in [2.05, 4.69) is 0 Å². The van der Waals surface area contributed by atoms with Gasteiger partial charge in [0.15, 0.2) is 0 Å². The van der Waals surface area contributed by atoms with E-state index in [9.17, 15) is 4.39 Å². The van der Waals surface area contributed by atoms with Crippen LogP contribution < -0.4 is 4.74 Å². The van der Waals surface area contributed by atoms with Crippen molar-refractivity contribution in [1.82, 2.24) is 0 Å². The van der Waals surface area contributed by atoms with Gasteiger partial charge in [0.25, 0.3) is 0 Å². The van der Waals surface area contributed by atoms with E-state index in [1.807, 2.05) is 0 Å². The molecule has 0 aliphatic carbocycles. The molecule has 2 aromatic carbocycles. The van der Waals surface area contributed by atoms with Gasteiger partial charge in [0.05, 0.1) is 10.0 Å². The summed E-state index contributed by atoms with van der Waals surface area (Å²) < 4.78 is 18.8. The molecule has 2 rings (SSSR count). The van der Waals surface area contributed by atoms with Crippen LogP contribution in [0.2, 0.25) is 10.0 Å². The van der Waals surface area contributed by atoms with Gasteiger partial charge in [-0.25, -0.2) is 4.39 Å². The lowest BCUT2D eigenvalue weighted by Gasteiger charge is -2.08. The predicted octanol–water partition coefficient (Wildman–Crippen LogP) is 4.80. The van der Waals surface area contributed by atoms with Crippen molar-refractivity contribution < 1.29 is 9.13 Å². The molecule has 0 N–H and O–H groups in total. The molecular weight excluding hydrogens is 276 g/mol. The van der Waals surface area contributed by atoms with Crippen molar-refractivity contribution in [2.45, 2.75) is 0 Å². The van der Waals surface area contributed by atoms with E-state index < -0.39 is 5.82 Å². The van der Waals surface area contributed by atoms with Crippen LogP contribution in [0.4, 0.5) is 4.39 Å². The summed E-state index contributed by atoms with van der Waals surface area (Å²) in [5.74, 6) is -0.113. The lowest BCUT2D eigenvalue weighted by Crippen LogP contribution is -1.91. The van der Waals surface area contributed by atoms with Crippen molar-refractivity contribution in [2.24, 2.45) is 0 Å². The number of hydrogen-bond acceptors (Lipinski definition) is 2. The average molecular weight is 282 g/mol. The smallest absolute Gasteiger partial charge is 0.148 e. The maximum absolute atomic E-state index is 13.3. The van der Waals surface area contributed by atoms with E-state index in [4.69, 9.17) is 33.2 Å². The third-order valence-electron chi connectivity index (χ3n) is 2.21. The molecule has 0 amide bonds. The van der Waals surface area contributed by atoms with Crippen LogP contribution >= 0.6 is 23.2 Å². The van der Waals surface area contributed by atoms with Crippen molar-refractivity contribution in [3.05, 3.63) is 57.8 Å². The van der Waals surface area contributed by atoms with Gasteiger partial charge in [0.2, 0.25) is 0 Å². The quantitative estimate of drug-likeness (QED) is 0.792. The lowest BCUT2D eigenvalue weighted by molar-refractivity contribution is 0.474. The molecule has 0 saturated carbocycles. The van der Waals surface area contributed by atoms with Crippen molar-refractivity contribution in [3.8, 4) is 17.6 Å². The third kappa shape index (κ3) is 2.56. The first-order valence-electron chi connectivity index (χ1n) is 4.93. The fourth-order valence-corrected chi connectivity index (χ4v) is 1.65. The summed E-state index contributed by atoms with van der Waals surface area (Å²) in [6.45, 7) is 0. The minimum Gasteiger partial charge on any atom is -0.456 e. The Balaban J connectivity index is 2.37. The average Bonchev–Trinajstić information content (AvgIpc) is 2.34. The molecule has 0 unspecified atom stereocenters. The van der Waals surface area contributed by atoms with Gasteiger partial charge in [-0.05, 0) is 24.3 Å². The van der Waals surface area contributed by atoms with E-state index in [0.29, 0.717) is 15.8 Å². The lowest BCUT2D eigenvalue weighted by atomic mass is 10.2. The van der Waals surface area contributed by atoms with Crippen LogP contribution in [0.15, 0.2) is 36.4 Å². The SMILES string of the molecule is N#Cc1c(F)cccc1Oc1ccc(Cl)c(Cl)c1. The Bertz CT molecular complexity index is 637. The first-order valence-corrected chi connectivity index (χ1v) is 5.69. The highest BCUT2D eigenvalue weighted by molar-refractivity contribution is 6.42. The summed E-state index contributed by atoms with van der Waals surface area (Å²) in [6, 6.07) is 10.6. The molecule has 90 valence electrons. The zero-order valence-electron chi connectivity index (χ0n) is 8.95. The van der Waals surface area contributed by atoms with E-state index in [1.165, 1.54) is 24.3 Å². The number of rotatable bonds is 2. The highest BCUT2D eigenvalue weighted by Gasteiger charge is 2.10. The summed E-state index contributed by atoms with van der Waals surface area (Å²) in [6.07, 6.45) is 0. The van der Waals surface area contributed by atoms with Crippen LogP contribution in [0.5, 0.6) is 11.5 Å². The highest BCUT2D eigenvalue weighted by atomic mass is 35.5. The first-order chi connectivity index (χ1) is 8.61. The van der Waals surface area contributed by atoms with Crippen LogP contribution in [0.25, 0.3) is 0 Å². The summed E-state index contributed by atoms with van der Waals surface area (Å²) in [4.78, 5) is 0. The van der Waals surface area contributed by atoms with Gasteiger partial charge in [-0.15, -0.1) is 0 Å². The first kappa shape index (κ1) is 12.7. The standard InChI is InChI=1S/C13H6Cl2FNO/c14-10-5-4-8(6-11(10)15)18-13-3-1-2-12(16)9(13)7-17/h1-6H. The van der Waals surface area contributed by atoms with Gasteiger partial charge in [0, 0.05) is 6.07 Å². The van der Waals surface area contributed by atoms with Gasteiger partial charge in [-0.3, -0.25) is 0 Å². The molecule has 0 aromatic heterocycles. The topological polar surface area (TPSA) is 33.0 Å². The Labute approximate surface area is 113 Å². The molecule has 18 heavy (non-hydrogen) atoms. The molecule has 0 bridgehead atoms. The van der Waals surface area contributed by atoms with E-state index in [1.54, 1.807) is 18.2 Å². The molecule has 0 spiro atoms. The van der Waals surface area contributed by atoms with Gasteiger partial charge >= 0.3 is 0 Å². The summed E-state index contributed by atoms with van der Waals surface area (Å²) in [7, 11) is 0. The number of ether oxygens (including phenoxy) is 1. The minimum absolute atomic E-state index is 0.135. The van der Waals surface area contributed by atoms with Crippen LogP contribution in [0, 0.1) is 17.1 Å².